The molecule has 0 saturated carbocycles. The fourth-order valence-corrected chi connectivity index (χ4v) is 2.75. The molecule has 0 atom stereocenters. The second kappa shape index (κ2) is 6.02. The molecule has 2 aromatic rings. The van der Waals surface area contributed by atoms with Crippen molar-refractivity contribution >= 4 is 44.5 Å². The molecule has 1 heterocycles. The summed E-state index contributed by atoms with van der Waals surface area (Å²) in [6.07, 6.45) is 0. The monoisotopic (exact) mass is 355 g/mol. The largest absolute Gasteiger partial charge is 0.379 e. The van der Waals surface area contributed by atoms with Crippen molar-refractivity contribution in [2.75, 3.05) is 5.32 Å². The van der Waals surface area contributed by atoms with E-state index >= 15 is 0 Å². The smallest absolute Gasteiger partial charge is 0.271 e. The van der Waals surface area contributed by atoms with Gasteiger partial charge in [0.15, 0.2) is 0 Å². The number of benzene rings is 1. The molecule has 2 rings (SSSR count). The van der Waals surface area contributed by atoms with Crippen molar-refractivity contribution in [3.63, 3.8) is 0 Å². The number of hydrogen-bond donors (Lipinski definition) is 2. The van der Waals surface area contributed by atoms with Gasteiger partial charge in [-0.05, 0) is 28.1 Å². The predicted molar refractivity (Wildman–Crippen MR) is 81.0 cm³/mol. The molecule has 8 heteroatoms. The van der Waals surface area contributed by atoms with Crippen LogP contribution in [0.2, 0.25) is 0 Å². The van der Waals surface area contributed by atoms with Crippen LogP contribution in [-0.4, -0.2) is 10.8 Å². The number of nitro groups is 1. The van der Waals surface area contributed by atoms with Crippen molar-refractivity contribution in [3.8, 4) is 0 Å². The predicted octanol–water partition coefficient (Wildman–Crippen LogP) is 3.13. The van der Waals surface area contributed by atoms with Gasteiger partial charge in [0.1, 0.15) is 0 Å². The first-order valence-corrected chi connectivity index (χ1v) is 7.19. The molecule has 3 N–H and O–H groups in total. The minimum absolute atomic E-state index is 0.0136. The van der Waals surface area contributed by atoms with Gasteiger partial charge in [-0.1, -0.05) is 0 Å². The zero-order valence-corrected chi connectivity index (χ0v) is 12.5. The van der Waals surface area contributed by atoms with Crippen molar-refractivity contribution in [2.24, 2.45) is 5.73 Å². The first-order chi connectivity index (χ1) is 9.47. The Morgan fingerprint density at radius 2 is 2.20 bits per heavy atom. The standard InChI is InChI=1S/C12H10BrN3O3S/c13-10-2-1-8(16(18)19)4-11(10)15-5-9-3-7(6-20-9)12(14)17/h1-4,6,15H,5H2,(H2,14,17). The van der Waals surface area contributed by atoms with Crippen LogP contribution in [0.15, 0.2) is 34.1 Å². The number of rotatable bonds is 5. The first-order valence-electron chi connectivity index (χ1n) is 5.52. The second-order valence-corrected chi connectivity index (χ2v) is 5.79. The van der Waals surface area contributed by atoms with Crippen LogP contribution in [0, 0.1) is 10.1 Å². The molecular weight excluding hydrogens is 346 g/mol. The van der Waals surface area contributed by atoms with Gasteiger partial charge in [-0.3, -0.25) is 14.9 Å². The Morgan fingerprint density at radius 3 is 2.80 bits per heavy atom. The van der Waals surface area contributed by atoms with Crippen molar-refractivity contribution < 1.29 is 9.72 Å². The number of amides is 1. The van der Waals surface area contributed by atoms with E-state index in [1.807, 2.05) is 0 Å². The average Bonchev–Trinajstić information content (AvgIpc) is 2.86. The minimum Gasteiger partial charge on any atom is -0.379 e. The molecule has 1 aromatic heterocycles. The van der Waals surface area contributed by atoms with E-state index in [-0.39, 0.29) is 5.69 Å². The molecule has 0 fully saturated rings. The maximum absolute atomic E-state index is 11.0. The van der Waals surface area contributed by atoms with Crippen LogP contribution in [-0.2, 0) is 6.54 Å². The number of nitrogens with two attached hydrogens (primary N) is 1. The van der Waals surface area contributed by atoms with E-state index in [2.05, 4.69) is 21.2 Å². The zero-order chi connectivity index (χ0) is 14.7. The fourth-order valence-electron chi connectivity index (χ4n) is 1.55. The van der Waals surface area contributed by atoms with Crippen LogP contribution >= 0.6 is 27.3 Å². The number of thiophene rings is 1. The number of hydrogen-bond acceptors (Lipinski definition) is 5. The van der Waals surface area contributed by atoms with Crippen LogP contribution in [0.3, 0.4) is 0 Å². The molecule has 20 heavy (non-hydrogen) atoms. The third-order valence-corrected chi connectivity index (χ3v) is 4.18. The van der Waals surface area contributed by atoms with Crippen molar-refractivity contribution in [3.05, 3.63) is 54.7 Å². The third kappa shape index (κ3) is 3.34. The molecule has 0 radical (unpaired) electrons. The average molecular weight is 356 g/mol. The van der Waals surface area contributed by atoms with Crippen LogP contribution in [0.5, 0.6) is 0 Å². The Bertz CT molecular complexity index is 672. The lowest BCUT2D eigenvalue weighted by atomic mass is 10.2. The van der Waals surface area contributed by atoms with Crippen molar-refractivity contribution in [1.29, 1.82) is 0 Å². The molecule has 104 valence electrons. The molecule has 0 aliphatic heterocycles. The Hall–Kier alpha value is -1.93. The summed E-state index contributed by atoms with van der Waals surface area (Å²) in [6.45, 7) is 0.456. The zero-order valence-electron chi connectivity index (χ0n) is 10.1. The van der Waals surface area contributed by atoms with Crippen molar-refractivity contribution in [2.45, 2.75) is 6.54 Å². The summed E-state index contributed by atoms with van der Waals surface area (Å²) >= 11 is 4.73. The molecule has 0 bridgehead atoms. The minimum atomic E-state index is -0.468. The molecular formula is C12H10BrN3O3S. The fraction of sp³-hybridized carbons (Fsp3) is 0.0833. The molecule has 0 saturated heterocycles. The SMILES string of the molecule is NC(=O)c1csc(CNc2cc([N+](=O)[O-])ccc2Br)c1. The van der Waals surface area contributed by atoms with Gasteiger partial charge in [-0.15, -0.1) is 11.3 Å². The summed E-state index contributed by atoms with van der Waals surface area (Å²) in [7, 11) is 0. The number of non-ortho nitro benzene ring substituents is 1. The van der Waals surface area contributed by atoms with Gasteiger partial charge in [0, 0.05) is 33.4 Å². The highest BCUT2D eigenvalue weighted by molar-refractivity contribution is 9.10. The molecule has 0 unspecified atom stereocenters. The summed E-state index contributed by atoms with van der Waals surface area (Å²) in [5.41, 5.74) is 6.27. The number of carbonyl (C=O) groups excluding carboxylic acids is 1. The molecule has 1 aromatic carbocycles. The van der Waals surface area contributed by atoms with E-state index in [0.29, 0.717) is 17.8 Å². The number of carbonyl (C=O) groups is 1. The van der Waals surface area contributed by atoms with Gasteiger partial charge >= 0.3 is 0 Å². The van der Waals surface area contributed by atoms with Crippen molar-refractivity contribution in [1.82, 2.24) is 0 Å². The van der Waals surface area contributed by atoms with Gasteiger partial charge in [0.05, 0.1) is 16.2 Å². The normalized spacial score (nSPS) is 10.2. The Balaban J connectivity index is 2.11. The molecule has 6 nitrogen and oxygen atoms in total. The van der Waals surface area contributed by atoms with Gasteiger partial charge < -0.3 is 11.1 Å². The maximum Gasteiger partial charge on any atom is 0.271 e. The summed E-state index contributed by atoms with van der Waals surface area (Å²) in [5, 5.41) is 15.5. The van der Waals surface area contributed by atoms with E-state index in [1.54, 1.807) is 17.5 Å². The molecule has 0 aliphatic rings. The summed E-state index contributed by atoms with van der Waals surface area (Å²) < 4.78 is 0.731. The third-order valence-electron chi connectivity index (χ3n) is 2.55. The van der Waals surface area contributed by atoms with Crippen LogP contribution in [0.1, 0.15) is 15.2 Å². The summed E-state index contributed by atoms with van der Waals surface area (Å²) in [6, 6.07) is 6.19. The van der Waals surface area contributed by atoms with Crippen LogP contribution < -0.4 is 11.1 Å². The lowest BCUT2D eigenvalue weighted by molar-refractivity contribution is -0.384. The number of nitro benzene ring substituents is 1. The highest BCUT2D eigenvalue weighted by Gasteiger charge is 2.10. The number of nitrogens with zero attached hydrogens (tertiary/aromatic N) is 1. The Labute approximate surface area is 126 Å². The quantitative estimate of drug-likeness (QED) is 0.635. The van der Waals surface area contributed by atoms with Gasteiger partial charge in [0.2, 0.25) is 5.91 Å². The van der Waals surface area contributed by atoms with Gasteiger partial charge in [-0.2, -0.15) is 0 Å². The highest BCUT2D eigenvalue weighted by Crippen LogP contribution is 2.28. The van der Waals surface area contributed by atoms with E-state index in [4.69, 9.17) is 5.73 Å². The van der Waals surface area contributed by atoms with Crippen LogP contribution in [0.25, 0.3) is 0 Å². The highest BCUT2D eigenvalue weighted by atomic mass is 79.9. The molecule has 0 aliphatic carbocycles. The molecule has 0 spiro atoms. The first kappa shape index (κ1) is 14.5. The Kier molecular flexibility index (Phi) is 4.35. The lowest BCUT2D eigenvalue weighted by Crippen LogP contribution is -2.09. The lowest BCUT2D eigenvalue weighted by Gasteiger charge is -2.07. The van der Waals surface area contributed by atoms with E-state index in [0.717, 1.165) is 9.35 Å². The number of primary amides is 1. The number of halogens is 1. The molecule has 1 amide bonds. The van der Waals surface area contributed by atoms with E-state index in [1.165, 1.54) is 23.5 Å². The van der Waals surface area contributed by atoms with Gasteiger partial charge in [-0.25, -0.2) is 0 Å². The summed E-state index contributed by atoms with van der Waals surface area (Å²) in [4.78, 5) is 22.2. The van der Waals surface area contributed by atoms with E-state index in [9.17, 15) is 14.9 Å². The summed E-state index contributed by atoms with van der Waals surface area (Å²) in [5.74, 6) is -0.468. The second-order valence-electron chi connectivity index (χ2n) is 3.94. The Morgan fingerprint density at radius 1 is 1.45 bits per heavy atom. The number of anilines is 1. The topological polar surface area (TPSA) is 98.3 Å². The van der Waals surface area contributed by atoms with Crippen LogP contribution in [0.4, 0.5) is 11.4 Å². The number of nitrogens with one attached hydrogen (secondary N) is 1. The van der Waals surface area contributed by atoms with Gasteiger partial charge in [0.25, 0.3) is 5.69 Å². The van der Waals surface area contributed by atoms with E-state index < -0.39 is 10.8 Å². The maximum atomic E-state index is 11.0.